The second-order valence-electron chi connectivity index (χ2n) is 8.53. The number of anilines is 1. The molecule has 0 atom stereocenters. The molecule has 4 aromatic carbocycles. The van der Waals surface area contributed by atoms with E-state index in [9.17, 15) is 14.4 Å². The molecule has 4 aromatic rings. The number of nitrogens with one attached hydrogen (secondary N) is 2. The summed E-state index contributed by atoms with van der Waals surface area (Å²) in [4.78, 5) is 37.4. The Kier molecular flexibility index (Phi) is 8.30. The summed E-state index contributed by atoms with van der Waals surface area (Å²) in [5.41, 5.74) is 6.77. The molecule has 0 saturated heterocycles. The monoisotopic (exact) mass is 525 g/mol. The number of hydrogen-bond donors (Lipinski definition) is 2. The first-order valence-corrected chi connectivity index (χ1v) is 12.1. The van der Waals surface area contributed by atoms with Crippen LogP contribution in [0.2, 0.25) is 5.02 Å². The fourth-order valence-electron chi connectivity index (χ4n) is 3.40. The highest BCUT2D eigenvalue weighted by Crippen LogP contribution is 2.23. The minimum atomic E-state index is -0.527. The molecule has 0 saturated carbocycles. The maximum Gasteiger partial charge on any atom is 0.343 e. The van der Waals surface area contributed by atoms with Crippen LogP contribution in [0.15, 0.2) is 96.1 Å². The second-order valence-corrected chi connectivity index (χ2v) is 8.97. The lowest BCUT2D eigenvalue weighted by Crippen LogP contribution is -2.18. The number of halogens is 1. The molecule has 2 amide bonds. The SMILES string of the molecule is Cc1ccc(C(=O)Nc2ccc(C(=O)N/N=C/c3cc(Cl)ccc3OC(=O)c3ccc(C)cc3)cc2)cc1. The molecule has 0 bridgehead atoms. The third-order valence-corrected chi connectivity index (χ3v) is 5.79. The molecular formula is C30H24ClN3O4. The van der Waals surface area contributed by atoms with E-state index in [2.05, 4.69) is 15.8 Å². The van der Waals surface area contributed by atoms with Crippen molar-refractivity contribution in [3.63, 3.8) is 0 Å². The molecule has 4 rings (SSSR count). The summed E-state index contributed by atoms with van der Waals surface area (Å²) in [6.07, 6.45) is 1.34. The van der Waals surface area contributed by atoms with E-state index >= 15 is 0 Å². The average Bonchev–Trinajstić information content (AvgIpc) is 2.91. The lowest BCUT2D eigenvalue weighted by molar-refractivity contribution is 0.0734. The molecule has 0 unspecified atom stereocenters. The average molecular weight is 526 g/mol. The Labute approximate surface area is 225 Å². The van der Waals surface area contributed by atoms with Crippen molar-refractivity contribution in [2.75, 3.05) is 5.32 Å². The number of amides is 2. The molecule has 0 aliphatic heterocycles. The number of ether oxygens (including phenoxy) is 1. The lowest BCUT2D eigenvalue weighted by Gasteiger charge is -2.08. The number of nitrogens with zero attached hydrogens (tertiary/aromatic N) is 1. The van der Waals surface area contributed by atoms with Gasteiger partial charge in [-0.15, -0.1) is 0 Å². The molecular weight excluding hydrogens is 502 g/mol. The quantitative estimate of drug-likeness (QED) is 0.130. The van der Waals surface area contributed by atoms with Crippen LogP contribution in [0, 0.1) is 13.8 Å². The number of esters is 1. The summed E-state index contributed by atoms with van der Waals surface area (Å²) in [6.45, 7) is 3.88. The van der Waals surface area contributed by atoms with E-state index < -0.39 is 11.9 Å². The molecule has 0 fully saturated rings. The summed E-state index contributed by atoms with van der Waals surface area (Å²) in [5, 5.41) is 7.19. The van der Waals surface area contributed by atoms with Crippen LogP contribution in [0.4, 0.5) is 5.69 Å². The Balaban J connectivity index is 1.38. The molecule has 38 heavy (non-hydrogen) atoms. The van der Waals surface area contributed by atoms with Gasteiger partial charge < -0.3 is 10.1 Å². The minimum absolute atomic E-state index is 0.242. The van der Waals surface area contributed by atoms with Crippen LogP contribution in [0.5, 0.6) is 5.75 Å². The molecule has 0 radical (unpaired) electrons. The van der Waals surface area contributed by atoms with E-state index in [-0.39, 0.29) is 11.7 Å². The number of carbonyl (C=O) groups excluding carboxylic acids is 3. The number of rotatable bonds is 7. The molecule has 0 heterocycles. The maximum atomic E-state index is 12.5. The number of hydrazone groups is 1. The first-order chi connectivity index (χ1) is 18.3. The van der Waals surface area contributed by atoms with Crippen LogP contribution in [0.3, 0.4) is 0 Å². The van der Waals surface area contributed by atoms with Crippen molar-refractivity contribution in [2.24, 2.45) is 5.10 Å². The van der Waals surface area contributed by atoms with Gasteiger partial charge in [0.15, 0.2) is 0 Å². The Hall–Kier alpha value is -4.75. The van der Waals surface area contributed by atoms with Crippen molar-refractivity contribution in [2.45, 2.75) is 13.8 Å². The predicted molar refractivity (Wildman–Crippen MR) is 148 cm³/mol. The molecule has 2 N–H and O–H groups in total. The minimum Gasteiger partial charge on any atom is -0.422 e. The topological polar surface area (TPSA) is 96.9 Å². The van der Waals surface area contributed by atoms with Gasteiger partial charge in [-0.25, -0.2) is 10.2 Å². The molecule has 0 spiro atoms. The predicted octanol–water partition coefficient (Wildman–Crippen LogP) is 6.19. The van der Waals surface area contributed by atoms with Gasteiger partial charge in [0.05, 0.1) is 11.8 Å². The van der Waals surface area contributed by atoms with Gasteiger partial charge in [0.25, 0.3) is 11.8 Å². The van der Waals surface area contributed by atoms with Crippen molar-refractivity contribution in [1.82, 2.24) is 5.43 Å². The van der Waals surface area contributed by atoms with Gasteiger partial charge in [-0.1, -0.05) is 47.0 Å². The van der Waals surface area contributed by atoms with Gasteiger partial charge in [0.2, 0.25) is 0 Å². The zero-order valence-corrected chi connectivity index (χ0v) is 21.5. The molecule has 8 heteroatoms. The van der Waals surface area contributed by atoms with E-state index in [1.54, 1.807) is 66.7 Å². The van der Waals surface area contributed by atoms with Gasteiger partial charge >= 0.3 is 5.97 Å². The lowest BCUT2D eigenvalue weighted by atomic mass is 10.1. The third kappa shape index (κ3) is 6.93. The van der Waals surface area contributed by atoms with E-state index in [0.29, 0.717) is 33.0 Å². The van der Waals surface area contributed by atoms with E-state index in [0.717, 1.165) is 11.1 Å². The maximum absolute atomic E-state index is 12.5. The summed E-state index contributed by atoms with van der Waals surface area (Å²) in [5.74, 6) is -0.989. The molecule has 190 valence electrons. The summed E-state index contributed by atoms with van der Waals surface area (Å²) in [6, 6.07) is 25.4. The van der Waals surface area contributed by atoms with Crippen LogP contribution >= 0.6 is 11.6 Å². The highest BCUT2D eigenvalue weighted by atomic mass is 35.5. The Bertz CT molecular complexity index is 1500. The summed E-state index contributed by atoms with van der Waals surface area (Å²) >= 11 is 6.10. The third-order valence-electron chi connectivity index (χ3n) is 5.55. The van der Waals surface area contributed by atoms with Crippen LogP contribution < -0.4 is 15.5 Å². The normalized spacial score (nSPS) is 10.7. The van der Waals surface area contributed by atoms with Crippen molar-refractivity contribution in [3.8, 4) is 5.75 Å². The number of carbonyl (C=O) groups is 3. The summed E-state index contributed by atoms with van der Waals surface area (Å²) in [7, 11) is 0. The first kappa shape index (κ1) is 26.3. The summed E-state index contributed by atoms with van der Waals surface area (Å²) < 4.78 is 5.52. The molecule has 0 aliphatic rings. The van der Waals surface area contributed by atoms with Crippen molar-refractivity contribution < 1.29 is 19.1 Å². The smallest absolute Gasteiger partial charge is 0.343 e. The van der Waals surface area contributed by atoms with Gasteiger partial charge in [-0.05, 0) is 80.6 Å². The van der Waals surface area contributed by atoms with Crippen molar-refractivity contribution >= 4 is 41.3 Å². The Morgan fingerprint density at radius 2 is 1.29 bits per heavy atom. The number of benzene rings is 4. The number of hydrogen-bond acceptors (Lipinski definition) is 5. The van der Waals surface area contributed by atoms with Gasteiger partial charge in [0.1, 0.15) is 5.75 Å². The van der Waals surface area contributed by atoms with Crippen molar-refractivity contribution in [3.05, 3.63) is 129 Å². The highest BCUT2D eigenvalue weighted by molar-refractivity contribution is 6.31. The molecule has 0 aliphatic carbocycles. The van der Waals surface area contributed by atoms with E-state index in [1.807, 2.05) is 38.1 Å². The molecule has 7 nitrogen and oxygen atoms in total. The zero-order valence-electron chi connectivity index (χ0n) is 20.7. The first-order valence-electron chi connectivity index (χ1n) is 11.7. The fourth-order valence-corrected chi connectivity index (χ4v) is 3.58. The van der Waals surface area contributed by atoms with E-state index in [1.165, 1.54) is 6.21 Å². The van der Waals surface area contributed by atoms with Gasteiger partial charge in [-0.3, -0.25) is 9.59 Å². The number of aryl methyl sites for hydroxylation is 2. The van der Waals surface area contributed by atoms with Gasteiger partial charge in [0, 0.05) is 27.4 Å². The standard InChI is InChI=1S/C30H24ClN3O4/c1-19-3-7-21(8-4-19)28(35)33-26-14-11-22(12-15-26)29(36)34-32-18-24-17-25(31)13-16-27(24)38-30(37)23-9-5-20(2)6-10-23/h3-18H,1-2H3,(H,33,35)(H,34,36)/b32-18+. The van der Waals surface area contributed by atoms with Crippen LogP contribution in [-0.4, -0.2) is 24.0 Å². The largest absolute Gasteiger partial charge is 0.422 e. The highest BCUT2D eigenvalue weighted by Gasteiger charge is 2.12. The van der Waals surface area contributed by atoms with Gasteiger partial charge in [-0.2, -0.15) is 5.10 Å². The Morgan fingerprint density at radius 1 is 0.737 bits per heavy atom. The van der Waals surface area contributed by atoms with Crippen LogP contribution in [0.1, 0.15) is 47.8 Å². The van der Waals surface area contributed by atoms with E-state index in [4.69, 9.17) is 16.3 Å². The molecule has 0 aromatic heterocycles. The van der Waals surface area contributed by atoms with Crippen LogP contribution in [0.25, 0.3) is 0 Å². The second kappa shape index (κ2) is 12.0. The van der Waals surface area contributed by atoms with Crippen LogP contribution in [-0.2, 0) is 0 Å². The Morgan fingerprint density at radius 3 is 1.92 bits per heavy atom. The van der Waals surface area contributed by atoms with Crippen molar-refractivity contribution in [1.29, 1.82) is 0 Å². The zero-order chi connectivity index (χ0) is 27.1. The fraction of sp³-hybridized carbons (Fsp3) is 0.0667.